The molecule has 3 aromatic rings. The van der Waals surface area contributed by atoms with Crippen LogP contribution in [0.15, 0.2) is 72.8 Å². The van der Waals surface area contributed by atoms with Crippen molar-refractivity contribution in [3.63, 3.8) is 0 Å². The zero-order valence-electron chi connectivity index (χ0n) is 13.5. The average Bonchev–Trinajstić information content (AvgIpc) is 2.64. The number of hydrogen-bond donors (Lipinski definition) is 2. The molecule has 2 N–H and O–H groups in total. The van der Waals surface area contributed by atoms with E-state index in [1.165, 1.54) is 24.3 Å². The fraction of sp³-hybridized carbons (Fsp3) is 0. The Morgan fingerprint density at radius 3 is 1.81 bits per heavy atom. The van der Waals surface area contributed by atoms with Gasteiger partial charge in [0.2, 0.25) is 0 Å². The van der Waals surface area contributed by atoms with Gasteiger partial charge in [-0.1, -0.05) is 6.07 Å². The molecule has 3 aromatic carbocycles. The normalized spacial score (nSPS) is 10.2. The van der Waals surface area contributed by atoms with Crippen molar-refractivity contribution in [2.75, 3.05) is 10.6 Å². The second-order valence-electron chi connectivity index (χ2n) is 5.50. The van der Waals surface area contributed by atoms with Gasteiger partial charge in [-0.15, -0.1) is 0 Å². The van der Waals surface area contributed by atoms with E-state index in [2.05, 4.69) is 33.2 Å². The summed E-state index contributed by atoms with van der Waals surface area (Å²) in [5.41, 5.74) is 1.96. The van der Waals surface area contributed by atoms with Gasteiger partial charge in [0.15, 0.2) is 0 Å². The Hall–Kier alpha value is -2.74. The molecule has 0 aliphatic rings. The third-order valence-electron chi connectivity index (χ3n) is 3.59. The van der Waals surface area contributed by atoms with Crippen LogP contribution in [0.4, 0.5) is 15.8 Å². The van der Waals surface area contributed by atoms with E-state index in [1.807, 2.05) is 12.1 Å². The number of carbonyl (C=O) groups excluding carboxylic acids is 2. The van der Waals surface area contributed by atoms with Crippen LogP contribution < -0.4 is 10.6 Å². The van der Waals surface area contributed by atoms with Crippen LogP contribution >= 0.6 is 22.6 Å². The molecule has 0 aromatic heterocycles. The number of nitrogens with one attached hydrogen (secondary N) is 2. The highest BCUT2D eigenvalue weighted by Crippen LogP contribution is 2.16. The lowest BCUT2D eigenvalue weighted by Gasteiger charge is -2.08. The minimum Gasteiger partial charge on any atom is -0.322 e. The van der Waals surface area contributed by atoms with E-state index >= 15 is 0 Å². The van der Waals surface area contributed by atoms with Crippen LogP contribution in [0.1, 0.15) is 20.7 Å². The largest absolute Gasteiger partial charge is 0.322 e. The number of amides is 2. The molecule has 130 valence electrons. The Balaban J connectivity index is 1.64. The molecule has 0 unspecified atom stereocenters. The van der Waals surface area contributed by atoms with Crippen LogP contribution in [0.3, 0.4) is 0 Å². The van der Waals surface area contributed by atoms with Crippen molar-refractivity contribution >= 4 is 45.8 Å². The second-order valence-corrected chi connectivity index (χ2v) is 6.75. The first kappa shape index (κ1) is 18.1. The summed E-state index contributed by atoms with van der Waals surface area (Å²) in [4.78, 5) is 24.3. The lowest BCUT2D eigenvalue weighted by atomic mass is 10.2. The molecule has 0 spiro atoms. The van der Waals surface area contributed by atoms with Crippen LogP contribution in [-0.2, 0) is 0 Å². The summed E-state index contributed by atoms with van der Waals surface area (Å²) in [6.45, 7) is 0. The quantitative estimate of drug-likeness (QED) is 0.543. The smallest absolute Gasteiger partial charge is 0.255 e. The Kier molecular flexibility index (Phi) is 5.62. The summed E-state index contributed by atoms with van der Waals surface area (Å²) < 4.78 is 14.2. The van der Waals surface area contributed by atoms with Crippen molar-refractivity contribution < 1.29 is 14.0 Å². The van der Waals surface area contributed by atoms with Gasteiger partial charge in [-0.25, -0.2) is 4.39 Å². The number of hydrogen-bond acceptors (Lipinski definition) is 2. The highest BCUT2D eigenvalue weighted by molar-refractivity contribution is 14.1. The van der Waals surface area contributed by atoms with Crippen LogP contribution in [-0.4, -0.2) is 11.8 Å². The molecule has 0 heterocycles. The number of anilines is 2. The molecule has 0 aliphatic carbocycles. The molecule has 0 radical (unpaired) electrons. The highest BCUT2D eigenvalue weighted by atomic mass is 127. The zero-order chi connectivity index (χ0) is 18.5. The predicted molar refractivity (Wildman–Crippen MR) is 108 cm³/mol. The van der Waals surface area contributed by atoms with E-state index in [-0.39, 0.29) is 11.5 Å². The maximum Gasteiger partial charge on any atom is 0.255 e. The average molecular weight is 460 g/mol. The molecular weight excluding hydrogens is 446 g/mol. The molecular formula is C20H14FIN2O2. The van der Waals surface area contributed by atoms with Crippen molar-refractivity contribution in [3.8, 4) is 0 Å². The van der Waals surface area contributed by atoms with Gasteiger partial charge in [-0.05, 0) is 89.3 Å². The summed E-state index contributed by atoms with van der Waals surface area (Å²) in [7, 11) is 0. The topological polar surface area (TPSA) is 58.2 Å². The number of carbonyl (C=O) groups is 2. The summed E-state index contributed by atoms with van der Waals surface area (Å²) in [5.74, 6) is -1.08. The van der Waals surface area contributed by atoms with Gasteiger partial charge >= 0.3 is 0 Å². The molecule has 0 bridgehead atoms. The maximum atomic E-state index is 13.2. The summed E-state index contributed by atoms with van der Waals surface area (Å²) >= 11 is 2.18. The highest BCUT2D eigenvalue weighted by Gasteiger charge is 2.08. The molecule has 0 atom stereocenters. The van der Waals surface area contributed by atoms with Gasteiger partial charge in [-0.2, -0.15) is 0 Å². The Bertz CT molecular complexity index is 941. The molecule has 0 fully saturated rings. The molecule has 4 nitrogen and oxygen atoms in total. The van der Waals surface area contributed by atoms with E-state index in [0.29, 0.717) is 16.9 Å². The van der Waals surface area contributed by atoms with E-state index in [1.54, 1.807) is 36.4 Å². The van der Waals surface area contributed by atoms with E-state index < -0.39 is 11.7 Å². The predicted octanol–water partition coefficient (Wildman–Crippen LogP) is 4.93. The molecule has 0 saturated heterocycles. The van der Waals surface area contributed by atoms with Gasteiger partial charge < -0.3 is 10.6 Å². The monoisotopic (exact) mass is 460 g/mol. The summed E-state index contributed by atoms with van der Waals surface area (Å²) in [6, 6.07) is 19.4. The van der Waals surface area contributed by atoms with Gasteiger partial charge in [-0.3, -0.25) is 9.59 Å². The summed E-state index contributed by atoms with van der Waals surface area (Å²) in [5, 5.41) is 5.48. The number of benzene rings is 3. The number of rotatable bonds is 4. The van der Waals surface area contributed by atoms with Crippen LogP contribution in [0.25, 0.3) is 0 Å². The van der Waals surface area contributed by atoms with Crippen LogP contribution in [0, 0.1) is 9.39 Å². The van der Waals surface area contributed by atoms with Gasteiger partial charge in [0.25, 0.3) is 11.8 Å². The van der Waals surface area contributed by atoms with Crippen LogP contribution in [0.5, 0.6) is 0 Å². The van der Waals surface area contributed by atoms with Crippen molar-refractivity contribution in [3.05, 3.63) is 93.3 Å². The zero-order valence-corrected chi connectivity index (χ0v) is 15.7. The van der Waals surface area contributed by atoms with Crippen molar-refractivity contribution in [1.82, 2.24) is 0 Å². The lowest BCUT2D eigenvalue weighted by Crippen LogP contribution is -2.13. The SMILES string of the molecule is O=C(Nc1ccc(NC(=O)c2cccc(F)c2)cc1)c1ccc(I)cc1. The third-order valence-corrected chi connectivity index (χ3v) is 4.31. The lowest BCUT2D eigenvalue weighted by molar-refractivity contribution is 0.101. The Morgan fingerprint density at radius 1 is 0.731 bits per heavy atom. The first-order valence-electron chi connectivity index (χ1n) is 7.75. The fourth-order valence-electron chi connectivity index (χ4n) is 2.27. The molecule has 6 heteroatoms. The van der Waals surface area contributed by atoms with Gasteiger partial charge in [0.05, 0.1) is 0 Å². The Morgan fingerprint density at radius 2 is 1.27 bits per heavy atom. The van der Waals surface area contributed by atoms with E-state index in [4.69, 9.17) is 0 Å². The van der Waals surface area contributed by atoms with Gasteiger partial charge in [0, 0.05) is 26.1 Å². The first-order chi connectivity index (χ1) is 12.5. The second kappa shape index (κ2) is 8.09. The maximum absolute atomic E-state index is 13.2. The van der Waals surface area contributed by atoms with E-state index in [9.17, 15) is 14.0 Å². The third kappa shape index (κ3) is 4.66. The Labute approximate surface area is 163 Å². The minimum atomic E-state index is -0.466. The molecule has 2 amide bonds. The van der Waals surface area contributed by atoms with E-state index in [0.717, 1.165) is 3.57 Å². The number of halogens is 2. The first-order valence-corrected chi connectivity index (χ1v) is 8.83. The van der Waals surface area contributed by atoms with Crippen molar-refractivity contribution in [1.29, 1.82) is 0 Å². The van der Waals surface area contributed by atoms with Crippen molar-refractivity contribution in [2.24, 2.45) is 0 Å². The molecule has 3 rings (SSSR count). The van der Waals surface area contributed by atoms with Crippen LogP contribution in [0.2, 0.25) is 0 Å². The van der Waals surface area contributed by atoms with Crippen molar-refractivity contribution in [2.45, 2.75) is 0 Å². The molecule has 26 heavy (non-hydrogen) atoms. The molecule has 0 aliphatic heterocycles. The minimum absolute atomic E-state index is 0.210. The molecule has 0 saturated carbocycles. The standard InChI is InChI=1S/C20H14FIN2O2/c21-15-3-1-2-14(12-15)20(26)24-18-10-8-17(9-11-18)23-19(25)13-4-6-16(22)7-5-13/h1-12H,(H,23,25)(H,24,26). The van der Waals surface area contributed by atoms with Gasteiger partial charge in [0.1, 0.15) is 5.82 Å². The fourth-order valence-corrected chi connectivity index (χ4v) is 2.63. The summed E-state index contributed by atoms with van der Waals surface area (Å²) in [6.07, 6.45) is 0.